The van der Waals surface area contributed by atoms with Crippen molar-refractivity contribution in [3.05, 3.63) is 36.4 Å². The Bertz CT molecular complexity index is 1150. The maximum atomic E-state index is 12.3. The molecule has 0 aromatic heterocycles. The molecule has 0 heterocycles. The molecular weight excluding hydrogens is 504 g/mol. The highest BCUT2D eigenvalue weighted by atomic mass is 16.5. The summed E-state index contributed by atoms with van der Waals surface area (Å²) in [6.07, 6.45) is 13.9. The molecule has 0 spiro atoms. The Hall–Kier alpha value is -3.28. The molecule has 0 saturated heterocycles. The van der Waals surface area contributed by atoms with Gasteiger partial charge in [-0.25, -0.2) is 0 Å². The van der Waals surface area contributed by atoms with Gasteiger partial charge in [-0.1, -0.05) is 102 Å². The average Bonchev–Trinajstić information content (AvgIpc) is 2.93. The number of unbranched alkanes of at least 4 members (excludes halogenated alkanes) is 10. The summed E-state index contributed by atoms with van der Waals surface area (Å²) in [5.41, 5.74) is 0. The predicted molar refractivity (Wildman–Crippen MR) is 162 cm³/mol. The van der Waals surface area contributed by atoms with Crippen molar-refractivity contribution in [2.45, 2.75) is 105 Å². The molecule has 0 aliphatic heterocycles. The molecule has 0 fully saturated rings. The van der Waals surface area contributed by atoms with Crippen molar-refractivity contribution in [1.29, 1.82) is 0 Å². The molecule has 0 bridgehead atoms. The van der Waals surface area contributed by atoms with Gasteiger partial charge in [-0.2, -0.15) is 0 Å². The Balaban J connectivity index is 2.00. The van der Waals surface area contributed by atoms with E-state index in [0.717, 1.165) is 25.7 Å². The van der Waals surface area contributed by atoms with Crippen LogP contribution in [0.25, 0.3) is 21.5 Å². The second-order valence-corrected chi connectivity index (χ2v) is 10.4. The van der Waals surface area contributed by atoms with Crippen molar-refractivity contribution in [1.82, 2.24) is 0 Å². The highest BCUT2D eigenvalue weighted by Gasteiger charge is 2.24. The summed E-state index contributed by atoms with van der Waals surface area (Å²) >= 11 is 0. The summed E-state index contributed by atoms with van der Waals surface area (Å²) in [6.45, 7) is 8.29. The number of esters is 2. The standard InChI is InChI=1S/C34H46O6/c1-5-7-9-11-13-15-23-37-29-21-17-19-27-31(29)33(39-25(3)35)28-20-18-22-30(32(28)34(27)40-26(4)36)38-24-16-14-12-10-8-6-2/h17-22H,5-16,23-24H2,1-4H3. The molecular formula is C34H46O6. The quantitative estimate of drug-likeness (QED) is 0.0680. The number of ether oxygens (including phenoxy) is 4. The fourth-order valence-electron chi connectivity index (χ4n) is 5.05. The fraction of sp³-hybridized carbons (Fsp3) is 0.529. The van der Waals surface area contributed by atoms with Crippen LogP contribution in [-0.2, 0) is 9.59 Å². The number of hydrogen-bond acceptors (Lipinski definition) is 6. The molecule has 0 atom stereocenters. The summed E-state index contributed by atoms with van der Waals surface area (Å²) < 4.78 is 24.2. The van der Waals surface area contributed by atoms with Crippen molar-refractivity contribution >= 4 is 33.5 Å². The smallest absolute Gasteiger partial charge is 0.308 e. The van der Waals surface area contributed by atoms with Crippen LogP contribution in [0.1, 0.15) is 105 Å². The monoisotopic (exact) mass is 550 g/mol. The van der Waals surface area contributed by atoms with Gasteiger partial charge in [0.1, 0.15) is 11.5 Å². The molecule has 0 amide bonds. The first-order valence-corrected chi connectivity index (χ1v) is 15.1. The van der Waals surface area contributed by atoms with Gasteiger partial charge in [0.2, 0.25) is 0 Å². The summed E-state index contributed by atoms with van der Waals surface area (Å²) in [6, 6.07) is 11.2. The minimum Gasteiger partial charge on any atom is -0.493 e. The van der Waals surface area contributed by atoms with Crippen LogP contribution in [0, 0.1) is 0 Å². The third-order valence-corrected chi connectivity index (χ3v) is 7.00. The molecule has 0 aliphatic carbocycles. The maximum Gasteiger partial charge on any atom is 0.308 e. The van der Waals surface area contributed by atoms with Crippen molar-refractivity contribution in [2.75, 3.05) is 13.2 Å². The second kappa shape index (κ2) is 16.7. The zero-order valence-corrected chi connectivity index (χ0v) is 24.8. The van der Waals surface area contributed by atoms with Crippen molar-refractivity contribution in [2.24, 2.45) is 0 Å². The van der Waals surface area contributed by atoms with Gasteiger partial charge in [-0.15, -0.1) is 0 Å². The van der Waals surface area contributed by atoms with Crippen LogP contribution in [-0.4, -0.2) is 25.2 Å². The average molecular weight is 551 g/mol. The molecule has 40 heavy (non-hydrogen) atoms. The van der Waals surface area contributed by atoms with E-state index in [9.17, 15) is 9.59 Å². The van der Waals surface area contributed by atoms with Gasteiger partial charge in [0, 0.05) is 24.6 Å². The predicted octanol–water partition coefficient (Wildman–Crippen LogP) is 9.32. The van der Waals surface area contributed by atoms with Crippen LogP contribution in [0.4, 0.5) is 0 Å². The third-order valence-electron chi connectivity index (χ3n) is 7.00. The lowest BCUT2D eigenvalue weighted by atomic mass is 9.99. The lowest BCUT2D eigenvalue weighted by Gasteiger charge is -2.20. The van der Waals surface area contributed by atoms with E-state index in [-0.39, 0.29) is 0 Å². The Morgan fingerprint density at radius 2 is 0.925 bits per heavy atom. The van der Waals surface area contributed by atoms with Crippen LogP contribution in [0.5, 0.6) is 23.0 Å². The summed E-state index contributed by atoms with van der Waals surface area (Å²) in [7, 11) is 0. The van der Waals surface area contributed by atoms with E-state index >= 15 is 0 Å². The Kier molecular flexibility index (Phi) is 13.1. The number of carbonyl (C=O) groups excluding carboxylic acids is 2. The van der Waals surface area contributed by atoms with Gasteiger partial charge in [0.25, 0.3) is 0 Å². The van der Waals surface area contributed by atoms with E-state index in [4.69, 9.17) is 18.9 Å². The second-order valence-electron chi connectivity index (χ2n) is 10.4. The van der Waals surface area contributed by atoms with Crippen LogP contribution in [0.15, 0.2) is 36.4 Å². The molecule has 0 radical (unpaired) electrons. The van der Waals surface area contributed by atoms with Gasteiger partial charge in [0.15, 0.2) is 11.5 Å². The van der Waals surface area contributed by atoms with Gasteiger partial charge in [0.05, 0.1) is 24.0 Å². The summed E-state index contributed by atoms with van der Waals surface area (Å²) in [5, 5.41) is 2.49. The summed E-state index contributed by atoms with van der Waals surface area (Å²) in [4.78, 5) is 24.6. The maximum absolute atomic E-state index is 12.3. The van der Waals surface area contributed by atoms with E-state index in [2.05, 4.69) is 13.8 Å². The normalized spacial score (nSPS) is 11.1. The number of rotatable bonds is 18. The first kappa shape index (κ1) is 31.3. The molecule has 6 heteroatoms. The molecule has 3 rings (SSSR count). The molecule has 3 aromatic rings. The van der Waals surface area contributed by atoms with Crippen molar-refractivity contribution in [3.8, 4) is 23.0 Å². The largest absolute Gasteiger partial charge is 0.493 e. The fourth-order valence-corrected chi connectivity index (χ4v) is 5.05. The Morgan fingerprint density at radius 1 is 0.550 bits per heavy atom. The molecule has 0 unspecified atom stereocenters. The van der Waals surface area contributed by atoms with Gasteiger partial charge in [-0.05, 0) is 25.0 Å². The topological polar surface area (TPSA) is 71.1 Å². The van der Waals surface area contributed by atoms with Crippen LogP contribution < -0.4 is 18.9 Å². The van der Waals surface area contributed by atoms with Gasteiger partial charge in [-0.3, -0.25) is 9.59 Å². The highest BCUT2D eigenvalue weighted by Crippen LogP contribution is 2.49. The lowest BCUT2D eigenvalue weighted by Crippen LogP contribution is -2.08. The number of fused-ring (bicyclic) bond motifs is 2. The molecule has 6 nitrogen and oxygen atoms in total. The number of benzene rings is 3. The van der Waals surface area contributed by atoms with E-state index in [1.165, 1.54) is 65.2 Å². The number of carbonyl (C=O) groups is 2. The van der Waals surface area contributed by atoms with Crippen LogP contribution in [0.2, 0.25) is 0 Å². The first-order chi connectivity index (χ1) is 19.5. The lowest BCUT2D eigenvalue weighted by molar-refractivity contribution is -0.132. The molecule has 0 aliphatic rings. The highest BCUT2D eigenvalue weighted by molar-refractivity contribution is 6.16. The summed E-state index contributed by atoms with van der Waals surface area (Å²) in [5.74, 6) is 1.08. The van der Waals surface area contributed by atoms with Gasteiger partial charge < -0.3 is 18.9 Å². The van der Waals surface area contributed by atoms with E-state index in [1.807, 2.05) is 36.4 Å². The number of hydrogen-bond donors (Lipinski definition) is 0. The third kappa shape index (κ3) is 8.87. The molecule has 3 aromatic carbocycles. The minimum atomic E-state index is -0.438. The molecule has 0 saturated carbocycles. The van der Waals surface area contributed by atoms with Crippen LogP contribution in [0.3, 0.4) is 0 Å². The van der Waals surface area contributed by atoms with E-state index < -0.39 is 11.9 Å². The van der Waals surface area contributed by atoms with E-state index in [0.29, 0.717) is 57.8 Å². The van der Waals surface area contributed by atoms with Crippen molar-refractivity contribution < 1.29 is 28.5 Å². The van der Waals surface area contributed by atoms with Gasteiger partial charge >= 0.3 is 11.9 Å². The molecule has 218 valence electrons. The SMILES string of the molecule is CCCCCCCCOc1cccc2c(OC(C)=O)c3c(OCCCCCCCC)cccc3c(OC(C)=O)c12. The Labute approximate surface area is 239 Å². The molecule has 0 N–H and O–H groups in total. The van der Waals surface area contributed by atoms with E-state index in [1.54, 1.807) is 0 Å². The minimum absolute atomic E-state index is 0.386. The Morgan fingerprint density at radius 3 is 1.30 bits per heavy atom. The zero-order chi connectivity index (χ0) is 28.7. The van der Waals surface area contributed by atoms with Crippen molar-refractivity contribution in [3.63, 3.8) is 0 Å². The zero-order valence-electron chi connectivity index (χ0n) is 24.8. The van der Waals surface area contributed by atoms with Crippen LogP contribution >= 0.6 is 0 Å². The first-order valence-electron chi connectivity index (χ1n) is 15.1.